The van der Waals surface area contributed by atoms with E-state index in [2.05, 4.69) is 44.1 Å². The summed E-state index contributed by atoms with van der Waals surface area (Å²) in [4.78, 5) is 4.47. The Morgan fingerprint density at radius 2 is 2.06 bits per heavy atom. The van der Waals surface area contributed by atoms with E-state index in [9.17, 15) is 0 Å². The molecule has 17 heavy (non-hydrogen) atoms. The molecule has 3 nitrogen and oxygen atoms in total. The molecule has 1 heterocycles. The van der Waals surface area contributed by atoms with Crippen molar-refractivity contribution >= 4 is 11.1 Å². The van der Waals surface area contributed by atoms with Gasteiger partial charge >= 0.3 is 0 Å². The average molecular weight is 232 g/mol. The summed E-state index contributed by atoms with van der Waals surface area (Å²) in [5.74, 6) is 0.808. The Morgan fingerprint density at radius 3 is 2.76 bits per heavy atom. The van der Waals surface area contributed by atoms with Crippen LogP contribution in [0.15, 0.2) is 22.6 Å². The molecule has 0 atom stereocenters. The molecule has 0 unspecified atom stereocenters. The minimum Gasteiger partial charge on any atom is -0.441 e. The van der Waals surface area contributed by atoms with Gasteiger partial charge in [-0.2, -0.15) is 0 Å². The van der Waals surface area contributed by atoms with Crippen LogP contribution in [0.5, 0.6) is 0 Å². The predicted molar refractivity (Wildman–Crippen MR) is 70.2 cm³/mol. The van der Waals surface area contributed by atoms with E-state index in [4.69, 9.17) is 4.42 Å². The Labute approximate surface area is 102 Å². The van der Waals surface area contributed by atoms with Crippen LogP contribution in [-0.2, 0) is 6.42 Å². The third kappa shape index (κ3) is 3.30. The zero-order valence-corrected chi connectivity index (χ0v) is 11.0. The van der Waals surface area contributed by atoms with E-state index < -0.39 is 0 Å². The minimum absolute atomic E-state index is 0.141. The molecule has 0 aliphatic carbocycles. The van der Waals surface area contributed by atoms with Gasteiger partial charge in [-0.25, -0.2) is 4.98 Å². The standard InChI is InChI=1S/C14H20N2O/c1-10-5-6-11-12(9-10)17-13(16-11)7-8-15-14(2,3)4/h5-6,9,15H,7-8H2,1-4H3. The number of nitrogens with zero attached hydrogens (tertiary/aromatic N) is 1. The van der Waals surface area contributed by atoms with E-state index in [-0.39, 0.29) is 5.54 Å². The minimum atomic E-state index is 0.141. The highest BCUT2D eigenvalue weighted by Crippen LogP contribution is 2.17. The summed E-state index contributed by atoms with van der Waals surface area (Å²) >= 11 is 0. The number of hydrogen-bond donors (Lipinski definition) is 1. The van der Waals surface area contributed by atoms with Crippen LogP contribution in [0.1, 0.15) is 32.2 Å². The lowest BCUT2D eigenvalue weighted by Gasteiger charge is -2.19. The van der Waals surface area contributed by atoms with Gasteiger partial charge in [0.15, 0.2) is 11.5 Å². The first-order valence-electron chi connectivity index (χ1n) is 6.05. The first-order chi connectivity index (χ1) is 7.94. The Balaban J connectivity index is 2.05. The van der Waals surface area contributed by atoms with Gasteiger partial charge in [0.2, 0.25) is 0 Å². The summed E-state index contributed by atoms with van der Waals surface area (Å²) in [5.41, 5.74) is 3.17. The van der Waals surface area contributed by atoms with Crippen LogP contribution < -0.4 is 5.32 Å². The van der Waals surface area contributed by atoms with E-state index >= 15 is 0 Å². The van der Waals surface area contributed by atoms with Crippen molar-refractivity contribution in [1.29, 1.82) is 0 Å². The molecule has 0 spiro atoms. The number of fused-ring (bicyclic) bond motifs is 1. The van der Waals surface area contributed by atoms with Gasteiger partial charge in [0.05, 0.1) is 0 Å². The molecule has 0 saturated heterocycles. The molecule has 2 aromatic rings. The van der Waals surface area contributed by atoms with Crippen LogP contribution in [0.3, 0.4) is 0 Å². The van der Waals surface area contributed by atoms with Crippen LogP contribution >= 0.6 is 0 Å². The van der Waals surface area contributed by atoms with Crippen molar-refractivity contribution in [1.82, 2.24) is 10.3 Å². The molecule has 92 valence electrons. The lowest BCUT2D eigenvalue weighted by atomic mass is 10.1. The van der Waals surface area contributed by atoms with Crippen LogP contribution in [0.2, 0.25) is 0 Å². The molecule has 1 aromatic heterocycles. The van der Waals surface area contributed by atoms with Crippen LogP contribution in [-0.4, -0.2) is 17.1 Å². The highest BCUT2D eigenvalue weighted by molar-refractivity contribution is 5.73. The largest absolute Gasteiger partial charge is 0.441 e. The maximum absolute atomic E-state index is 5.71. The number of hydrogen-bond acceptors (Lipinski definition) is 3. The Bertz CT molecular complexity index is 508. The molecule has 0 bridgehead atoms. The molecule has 0 radical (unpaired) electrons. The zero-order chi connectivity index (χ0) is 12.5. The second-order valence-electron chi connectivity index (χ2n) is 5.51. The summed E-state index contributed by atoms with van der Waals surface area (Å²) in [7, 11) is 0. The number of nitrogens with one attached hydrogen (secondary N) is 1. The quantitative estimate of drug-likeness (QED) is 0.883. The fourth-order valence-corrected chi connectivity index (χ4v) is 1.73. The van der Waals surface area contributed by atoms with Gasteiger partial charge in [0.1, 0.15) is 5.52 Å². The van der Waals surface area contributed by atoms with Crippen molar-refractivity contribution in [3.63, 3.8) is 0 Å². The molecular weight excluding hydrogens is 212 g/mol. The topological polar surface area (TPSA) is 38.1 Å². The molecule has 0 fully saturated rings. The average Bonchev–Trinajstić information content (AvgIpc) is 2.57. The van der Waals surface area contributed by atoms with Gasteiger partial charge in [-0.05, 0) is 45.4 Å². The Kier molecular flexibility index (Phi) is 3.20. The second kappa shape index (κ2) is 4.49. The third-order valence-electron chi connectivity index (χ3n) is 2.58. The third-order valence-corrected chi connectivity index (χ3v) is 2.58. The van der Waals surface area contributed by atoms with Crippen LogP contribution in [0.4, 0.5) is 0 Å². The Morgan fingerprint density at radius 1 is 1.29 bits per heavy atom. The summed E-state index contributed by atoms with van der Waals surface area (Å²) in [6, 6.07) is 6.10. The molecule has 0 amide bonds. The normalized spacial score (nSPS) is 12.2. The van der Waals surface area contributed by atoms with Crippen molar-refractivity contribution in [2.24, 2.45) is 0 Å². The summed E-state index contributed by atoms with van der Waals surface area (Å²) in [6.45, 7) is 9.41. The maximum atomic E-state index is 5.71. The molecule has 3 heteroatoms. The zero-order valence-electron chi connectivity index (χ0n) is 11.0. The van der Waals surface area contributed by atoms with Crippen molar-refractivity contribution < 1.29 is 4.42 Å². The van der Waals surface area contributed by atoms with Gasteiger partial charge in [0.25, 0.3) is 0 Å². The lowest BCUT2D eigenvalue weighted by Crippen LogP contribution is -2.37. The summed E-state index contributed by atoms with van der Waals surface area (Å²) in [6.07, 6.45) is 0.824. The van der Waals surface area contributed by atoms with E-state index in [0.29, 0.717) is 0 Å². The number of rotatable bonds is 3. The maximum Gasteiger partial charge on any atom is 0.196 e. The lowest BCUT2D eigenvalue weighted by molar-refractivity contribution is 0.414. The fourth-order valence-electron chi connectivity index (χ4n) is 1.73. The number of aromatic nitrogens is 1. The molecule has 0 aliphatic heterocycles. The van der Waals surface area contributed by atoms with Crippen molar-refractivity contribution in [2.75, 3.05) is 6.54 Å². The number of aryl methyl sites for hydroxylation is 1. The smallest absolute Gasteiger partial charge is 0.196 e. The molecule has 1 N–H and O–H groups in total. The molecule has 2 rings (SSSR count). The second-order valence-corrected chi connectivity index (χ2v) is 5.51. The van der Waals surface area contributed by atoms with Crippen molar-refractivity contribution in [2.45, 2.75) is 39.7 Å². The van der Waals surface area contributed by atoms with Gasteiger partial charge in [0, 0.05) is 18.5 Å². The van der Waals surface area contributed by atoms with E-state index in [1.807, 2.05) is 12.1 Å². The first-order valence-corrected chi connectivity index (χ1v) is 6.05. The SMILES string of the molecule is Cc1ccc2nc(CCNC(C)(C)C)oc2c1. The number of benzene rings is 1. The van der Waals surface area contributed by atoms with Crippen molar-refractivity contribution in [3.05, 3.63) is 29.7 Å². The van der Waals surface area contributed by atoms with Crippen LogP contribution in [0, 0.1) is 6.92 Å². The van der Waals surface area contributed by atoms with Gasteiger partial charge < -0.3 is 9.73 Å². The number of oxazole rings is 1. The van der Waals surface area contributed by atoms with E-state index in [1.54, 1.807) is 0 Å². The highest BCUT2D eigenvalue weighted by Gasteiger charge is 2.10. The molecule has 0 aliphatic rings. The van der Waals surface area contributed by atoms with Gasteiger partial charge in [-0.1, -0.05) is 6.07 Å². The predicted octanol–water partition coefficient (Wildman–Crippen LogP) is 3.07. The van der Waals surface area contributed by atoms with Crippen molar-refractivity contribution in [3.8, 4) is 0 Å². The van der Waals surface area contributed by atoms with Gasteiger partial charge in [-0.15, -0.1) is 0 Å². The monoisotopic (exact) mass is 232 g/mol. The molecule has 0 saturated carbocycles. The van der Waals surface area contributed by atoms with E-state index in [0.717, 1.165) is 30.0 Å². The highest BCUT2D eigenvalue weighted by atomic mass is 16.3. The molecule has 1 aromatic carbocycles. The first kappa shape index (κ1) is 12.1. The van der Waals surface area contributed by atoms with E-state index in [1.165, 1.54) is 5.56 Å². The molecular formula is C14H20N2O. The van der Waals surface area contributed by atoms with Gasteiger partial charge in [-0.3, -0.25) is 0 Å². The summed E-state index contributed by atoms with van der Waals surface area (Å²) in [5, 5.41) is 3.43. The summed E-state index contributed by atoms with van der Waals surface area (Å²) < 4.78 is 5.71. The fraction of sp³-hybridized carbons (Fsp3) is 0.500. The Hall–Kier alpha value is -1.35. The van der Waals surface area contributed by atoms with Crippen LogP contribution in [0.25, 0.3) is 11.1 Å².